The third kappa shape index (κ3) is 4.56. The lowest BCUT2D eigenvalue weighted by atomic mass is 10.2. The molecule has 1 aromatic heterocycles. The highest BCUT2D eigenvalue weighted by Crippen LogP contribution is 2.15. The van der Waals surface area contributed by atoms with Crippen molar-refractivity contribution in [2.45, 2.75) is 24.3 Å². The molecule has 0 aromatic carbocycles. The molecule has 1 N–H and O–H groups in total. The number of nitrogens with zero attached hydrogens (tertiary/aromatic N) is 2. The van der Waals surface area contributed by atoms with E-state index >= 15 is 0 Å². The van der Waals surface area contributed by atoms with Crippen LogP contribution in [0.4, 0.5) is 0 Å². The maximum Gasteiger partial charge on any atom is 0.354 e. The van der Waals surface area contributed by atoms with Crippen LogP contribution < -0.4 is 4.72 Å². The van der Waals surface area contributed by atoms with Crippen molar-refractivity contribution in [2.24, 2.45) is 7.05 Å². The lowest BCUT2D eigenvalue weighted by Gasteiger charge is -2.30. The molecule has 24 heavy (non-hydrogen) atoms. The van der Waals surface area contributed by atoms with Crippen LogP contribution in [0.1, 0.15) is 23.8 Å². The summed E-state index contributed by atoms with van der Waals surface area (Å²) in [5.74, 6) is -0.570. The van der Waals surface area contributed by atoms with Gasteiger partial charge in [-0.05, 0) is 12.5 Å². The summed E-state index contributed by atoms with van der Waals surface area (Å²) >= 11 is 0. The van der Waals surface area contributed by atoms with Gasteiger partial charge in [0, 0.05) is 38.9 Å². The Bertz CT molecular complexity index is 665. The first-order valence-electron chi connectivity index (χ1n) is 7.94. The van der Waals surface area contributed by atoms with E-state index in [1.54, 1.807) is 7.05 Å². The Morgan fingerprint density at radius 1 is 1.42 bits per heavy atom. The summed E-state index contributed by atoms with van der Waals surface area (Å²) in [6.45, 7) is 5.52. The molecule has 0 saturated carbocycles. The summed E-state index contributed by atoms with van der Waals surface area (Å²) in [7, 11) is -0.834. The van der Waals surface area contributed by atoms with E-state index in [-0.39, 0.29) is 16.6 Å². The monoisotopic (exact) mass is 359 g/mol. The highest BCUT2D eigenvalue weighted by Gasteiger charge is 2.25. The number of ether oxygens (including phenoxy) is 2. The molecular weight excluding hydrogens is 334 g/mol. The molecular formula is C15H25N3O5S. The fourth-order valence-electron chi connectivity index (χ4n) is 2.62. The number of esters is 1. The van der Waals surface area contributed by atoms with Gasteiger partial charge in [0.05, 0.1) is 20.3 Å². The summed E-state index contributed by atoms with van der Waals surface area (Å²) in [5.41, 5.74) is 0.194. The Morgan fingerprint density at radius 3 is 2.67 bits per heavy atom. The van der Waals surface area contributed by atoms with Gasteiger partial charge < -0.3 is 14.0 Å². The number of aromatic nitrogens is 1. The minimum absolute atomic E-state index is 0.0610. The van der Waals surface area contributed by atoms with Crippen molar-refractivity contribution in [1.82, 2.24) is 14.2 Å². The number of morpholine rings is 1. The van der Waals surface area contributed by atoms with Crippen LogP contribution in [-0.4, -0.2) is 69.9 Å². The fourth-order valence-corrected chi connectivity index (χ4v) is 4.00. The number of hydrogen-bond donors (Lipinski definition) is 1. The van der Waals surface area contributed by atoms with Gasteiger partial charge in [0.1, 0.15) is 10.6 Å². The van der Waals surface area contributed by atoms with Crippen LogP contribution in [0.25, 0.3) is 0 Å². The molecule has 0 amide bonds. The van der Waals surface area contributed by atoms with Crippen LogP contribution >= 0.6 is 0 Å². The number of methoxy groups -OCH3 is 1. The number of rotatable bonds is 7. The first-order chi connectivity index (χ1) is 11.4. The Labute approximate surface area is 142 Å². The van der Waals surface area contributed by atoms with Crippen molar-refractivity contribution >= 4 is 16.0 Å². The van der Waals surface area contributed by atoms with Gasteiger partial charge in [0.2, 0.25) is 10.0 Å². The van der Waals surface area contributed by atoms with Crippen molar-refractivity contribution in [3.8, 4) is 0 Å². The minimum Gasteiger partial charge on any atom is -0.464 e. The second-order valence-electron chi connectivity index (χ2n) is 5.80. The van der Waals surface area contributed by atoms with Crippen LogP contribution in [0, 0.1) is 0 Å². The molecule has 0 radical (unpaired) electrons. The predicted octanol–water partition coefficient (Wildman–Crippen LogP) is 0.201. The summed E-state index contributed by atoms with van der Waals surface area (Å²) in [4.78, 5) is 13.9. The third-order valence-corrected chi connectivity index (χ3v) is 5.57. The maximum atomic E-state index is 12.6. The zero-order chi connectivity index (χ0) is 17.7. The number of aryl methyl sites for hydroxylation is 1. The Morgan fingerprint density at radius 2 is 2.08 bits per heavy atom. The highest BCUT2D eigenvalue weighted by molar-refractivity contribution is 7.89. The maximum absolute atomic E-state index is 12.6. The Hall–Kier alpha value is -1.42. The number of hydrogen-bond acceptors (Lipinski definition) is 6. The number of sulfonamides is 1. The standard InChI is InChI=1S/C15H25N3O5S/c1-4-12(10-18-5-7-23-8-6-18)16-24(20,21)13-9-14(15(19)22-3)17(2)11-13/h9,11-12,16H,4-8,10H2,1-3H3. The van der Waals surface area contributed by atoms with Crippen LogP contribution in [0.15, 0.2) is 17.2 Å². The highest BCUT2D eigenvalue weighted by atomic mass is 32.2. The SMILES string of the molecule is CCC(CN1CCOCC1)NS(=O)(=O)c1cc(C(=O)OC)n(C)c1. The summed E-state index contributed by atoms with van der Waals surface area (Å²) in [5, 5.41) is 0. The van der Waals surface area contributed by atoms with Gasteiger partial charge in [-0.15, -0.1) is 0 Å². The summed E-state index contributed by atoms with van der Waals surface area (Å²) in [6, 6.07) is 1.13. The second kappa shape index (κ2) is 8.11. The largest absolute Gasteiger partial charge is 0.464 e. The first-order valence-corrected chi connectivity index (χ1v) is 9.42. The molecule has 1 aliphatic heterocycles. The summed E-state index contributed by atoms with van der Waals surface area (Å²) < 4.78 is 39.3. The molecule has 2 heterocycles. The quantitative estimate of drug-likeness (QED) is 0.700. The van der Waals surface area contributed by atoms with E-state index < -0.39 is 16.0 Å². The Kier molecular flexibility index (Phi) is 6.39. The predicted molar refractivity (Wildman–Crippen MR) is 88.4 cm³/mol. The Balaban J connectivity index is 2.09. The molecule has 1 aliphatic rings. The summed E-state index contributed by atoms with van der Waals surface area (Å²) in [6.07, 6.45) is 2.09. The fraction of sp³-hybridized carbons (Fsp3) is 0.667. The van der Waals surface area contributed by atoms with Crippen LogP contribution in [-0.2, 0) is 26.5 Å². The smallest absolute Gasteiger partial charge is 0.354 e. The second-order valence-corrected chi connectivity index (χ2v) is 7.52. The average Bonchev–Trinajstić information content (AvgIpc) is 2.97. The number of carbonyl (C=O) groups excluding carboxylic acids is 1. The zero-order valence-electron chi connectivity index (χ0n) is 14.3. The molecule has 1 fully saturated rings. The number of carbonyl (C=O) groups is 1. The molecule has 9 heteroatoms. The van der Waals surface area contributed by atoms with Crippen molar-refractivity contribution < 1.29 is 22.7 Å². The molecule has 8 nitrogen and oxygen atoms in total. The van der Waals surface area contributed by atoms with Crippen LogP contribution in [0.2, 0.25) is 0 Å². The van der Waals surface area contributed by atoms with E-state index in [2.05, 4.69) is 14.4 Å². The minimum atomic E-state index is -3.70. The number of nitrogens with one attached hydrogen (secondary N) is 1. The molecule has 136 valence electrons. The van der Waals surface area contributed by atoms with E-state index in [9.17, 15) is 13.2 Å². The van der Waals surface area contributed by atoms with E-state index in [0.717, 1.165) is 13.1 Å². The van der Waals surface area contributed by atoms with E-state index in [0.29, 0.717) is 26.2 Å². The molecule has 0 spiro atoms. The molecule has 1 unspecified atom stereocenters. The average molecular weight is 359 g/mol. The van der Waals surface area contributed by atoms with E-state index in [1.807, 2.05) is 6.92 Å². The lowest BCUT2D eigenvalue weighted by molar-refractivity contribution is 0.0344. The van der Waals surface area contributed by atoms with E-state index in [4.69, 9.17) is 4.74 Å². The van der Waals surface area contributed by atoms with Gasteiger partial charge in [0.25, 0.3) is 0 Å². The lowest BCUT2D eigenvalue weighted by Crippen LogP contribution is -2.46. The van der Waals surface area contributed by atoms with Crippen molar-refractivity contribution in [3.05, 3.63) is 18.0 Å². The molecule has 2 rings (SSSR count). The molecule has 0 aliphatic carbocycles. The van der Waals surface area contributed by atoms with Crippen LogP contribution in [0.5, 0.6) is 0 Å². The van der Waals surface area contributed by atoms with Crippen molar-refractivity contribution in [2.75, 3.05) is 40.0 Å². The first kappa shape index (κ1) is 18.9. The van der Waals surface area contributed by atoms with Crippen LogP contribution in [0.3, 0.4) is 0 Å². The van der Waals surface area contributed by atoms with Gasteiger partial charge in [-0.3, -0.25) is 4.90 Å². The topological polar surface area (TPSA) is 89.9 Å². The molecule has 1 saturated heterocycles. The van der Waals surface area contributed by atoms with Gasteiger partial charge >= 0.3 is 5.97 Å². The molecule has 1 aromatic rings. The van der Waals surface area contributed by atoms with Gasteiger partial charge in [-0.2, -0.15) is 0 Å². The third-order valence-electron chi connectivity index (χ3n) is 4.08. The van der Waals surface area contributed by atoms with E-state index in [1.165, 1.54) is 23.9 Å². The molecule has 1 atom stereocenters. The molecule has 0 bridgehead atoms. The zero-order valence-corrected chi connectivity index (χ0v) is 15.1. The normalized spacial score (nSPS) is 17.6. The van der Waals surface area contributed by atoms with Crippen molar-refractivity contribution in [3.63, 3.8) is 0 Å². The van der Waals surface area contributed by atoms with Crippen molar-refractivity contribution in [1.29, 1.82) is 0 Å². The van der Waals surface area contributed by atoms with Gasteiger partial charge in [-0.1, -0.05) is 6.92 Å². The van der Waals surface area contributed by atoms with Gasteiger partial charge in [0.15, 0.2) is 0 Å². The van der Waals surface area contributed by atoms with Gasteiger partial charge in [-0.25, -0.2) is 17.9 Å².